The number of rotatable bonds is 6. The normalized spacial score (nSPS) is 12.2. The molecular formula is C22H29NO3S. The van der Waals surface area contributed by atoms with Crippen LogP contribution in [0.2, 0.25) is 0 Å². The topological polar surface area (TPSA) is 54.5 Å². The summed E-state index contributed by atoms with van der Waals surface area (Å²) in [5.41, 5.74) is 2.57. The molecule has 0 spiro atoms. The minimum absolute atomic E-state index is 0.0147. The molecule has 0 heterocycles. The van der Waals surface area contributed by atoms with Crippen LogP contribution in [0.1, 0.15) is 45.7 Å². The van der Waals surface area contributed by atoms with Crippen molar-refractivity contribution in [3.63, 3.8) is 0 Å². The van der Waals surface area contributed by atoms with E-state index in [4.69, 9.17) is 0 Å². The second-order valence-electron chi connectivity index (χ2n) is 8.17. The molecule has 146 valence electrons. The van der Waals surface area contributed by atoms with E-state index in [1.54, 1.807) is 4.90 Å². The number of para-hydroxylation sites is 1. The second kappa shape index (κ2) is 8.26. The van der Waals surface area contributed by atoms with Gasteiger partial charge in [0.15, 0.2) is 9.84 Å². The van der Waals surface area contributed by atoms with E-state index in [9.17, 15) is 13.2 Å². The van der Waals surface area contributed by atoms with Gasteiger partial charge in [0.05, 0.1) is 5.75 Å². The third kappa shape index (κ3) is 5.93. The van der Waals surface area contributed by atoms with Gasteiger partial charge in [0.2, 0.25) is 5.91 Å². The summed E-state index contributed by atoms with van der Waals surface area (Å²) in [6, 6.07) is 16.6. The molecule has 0 atom stereocenters. The van der Waals surface area contributed by atoms with Crippen molar-refractivity contribution in [1.82, 2.24) is 0 Å². The fourth-order valence-electron chi connectivity index (χ4n) is 2.98. The van der Waals surface area contributed by atoms with Crippen LogP contribution in [-0.4, -0.2) is 26.1 Å². The van der Waals surface area contributed by atoms with Gasteiger partial charge in [-0.2, -0.15) is 0 Å². The van der Waals surface area contributed by atoms with Gasteiger partial charge in [0, 0.05) is 11.7 Å². The summed E-state index contributed by atoms with van der Waals surface area (Å²) >= 11 is 0. The Bertz CT molecular complexity index is 864. The Morgan fingerprint density at radius 1 is 0.963 bits per heavy atom. The fourth-order valence-corrected chi connectivity index (χ4v) is 4.30. The summed E-state index contributed by atoms with van der Waals surface area (Å²) in [6.45, 7) is 10.1. The molecule has 0 saturated heterocycles. The molecule has 27 heavy (non-hydrogen) atoms. The number of carbonyl (C=O) groups is 1. The predicted molar refractivity (Wildman–Crippen MR) is 112 cm³/mol. The molecule has 2 aromatic rings. The summed E-state index contributed by atoms with van der Waals surface area (Å²) in [5.74, 6) is -1.03. The Kier molecular flexibility index (Phi) is 6.47. The molecule has 0 bridgehead atoms. The van der Waals surface area contributed by atoms with Crippen LogP contribution in [0.5, 0.6) is 0 Å². The first-order valence-corrected chi connectivity index (χ1v) is 11.0. The lowest BCUT2D eigenvalue weighted by molar-refractivity contribution is -0.116. The molecule has 0 fully saturated rings. The highest BCUT2D eigenvalue weighted by Crippen LogP contribution is 2.23. The van der Waals surface area contributed by atoms with E-state index in [2.05, 4.69) is 20.8 Å². The van der Waals surface area contributed by atoms with E-state index in [-0.39, 0.29) is 17.2 Å². The Labute approximate surface area is 163 Å². The van der Waals surface area contributed by atoms with Crippen molar-refractivity contribution in [1.29, 1.82) is 0 Å². The van der Waals surface area contributed by atoms with E-state index in [1.165, 1.54) is 0 Å². The van der Waals surface area contributed by atoms with Crippen molar-refractivity contribution in [3.8, 4) is 0 Å². The largest absolute Gasteiger partial charge is 0.309 e. The van der Waals surface area contributed by atoms with Crippen LogP contribution in [0.15, 0.2) is 54.6 Å². The maximum Gasteiger partial charge on any atom is 0.242 e. The van der Waals surface area contributed by atoms with E-state index in [1.807, 2.05) is 68.4 Å². The monoisotopic (exact) mass is 387 g/mol. The molecule has 0 aliphatic carbocycles. The Morgan fingerprint density at radius 2 is 1.52 bits per heavy atom. The highest BCUT2D eigenvalue weighted by molar-refractivity contribution is 7.91. The first kappa shape index (κ1) is 21.2. The van der Waals surface area contributed by atoms with E-state index in [0.29, 0.717) is 11.3 Å². The molecule has 0 radical (unpaired) electrons. The average molecular weight is 388 g/mol. The molecule has 2 aromatic carbocycles. The van der Waals surface area contributed by atoms with Crippen LogP contribution in [0, 0.1) is 0 Å². The summed E-state index contributed by atoms with van der Waals surface area (Å²) < 4.78 is 25.2. The number of carbonyl (C=O) groups excluding carboxylic acids is 1. The van der Waals surface area contributed by atoms with E-state index < -0.39 is 21.5 Å². The minimum Gasteiger partial charge on any atom is -0.309 e. The molecule has 0 N–H and O–H groups in total. The number of hydrogen-bond acceptors (Lipinski definition) is 3. The molecule has 2 rings (SSSR count). The molecule has 0 saturated carbocycles. The number of nitrogens with zero attached hydrogens (tertiary/aromatic N) is 1. The highest BCUT2D eigenvalue weighted by Gasteiger charge is 2.25. The van der Waals surface area contributed by atoms with Crippen LogP contribution in [0.3, 0.4) is 0 Å². The summed E-state index contributed by atoms with van der Waals surface area (Å²) in [7, 11) is -3.56. The maximum absolute atomic E-state index is 12.7. The van der Waals surface area contributed by atoms with Crippen molar-refractivity contribution in [2.24, 2.45) is 0 Å². The van der Waals surface area contributed by atoms with Gasteiger partial charge in [-0.1, -0.05) is 63.2 Å². The molecule has 0 aromatic heterocycles. The molecule has 4 nitrogen and oxygen atoms in total. The molecule has 0 aliphatic heterocycles. The van der Waals surface area contributed by atoms with E-state index in [0.717, 1.165) is 5.56 Å². The zero-order valence-electron chi connectivity index (χ0n) is 16.8. The lowest BCUT2D eigenvalue weighted by Crippen LogP contribution is -2.40. The molecule has 0 unspecified atom stereocenters. The quantitative estimate of drug-likeness (QED) is 0.741. The van der Waals surface area contributed by atoms with Crippen LogP contribution in [0.25, 0.3) is 0 Å². The second-order valence-corrected chi connectivity index (χ2v) is 10.2. The van der Waals surface area contributed by atoms with Crippen LogP contribution < -0.4 is 4.90 Å². The zero-order valence-corrected chi connectivity index (χ0v) is 17.6. The lowest BCUT2D eigenvalue weighted by atomic mass is 9.87. The number of amides is 1. The van der Waals surface area contributed by atoms with Gasteiger partial charge in [-0.05, 0) is 42.5 Å². The van der Waals surface area contributed by atoms with Crippen LogP contribution in [-0.2, 0) is 25.8 Å². The first-order chi connectivity index (χ1) is 12.5. The van der Waals surface area contributed by atoms with Crippen LogP contribution >= 0.6 is 0 Å². The van der Waals surface area contributed by atoms with Gasteiger partial charge in [-0.25, -0.2) is 8.42 Å². The van der Waals surface area contributed by atoms with E-state index >= 15 is 0 Å². The fraction of sp³-hybridized carbons (Fsp3) is 0.409. The molecular weight excluding hydrogens is 358 g/mol. The van der Waals surface area contributed by atoms with Gasteiger partial charge < -0.3 is 4.90 Å². The Balaban J connectivity index is 2.13. The van der Waals surface area contributed by atoms with Gasteiger partial charge >= 0.3 is 0 Å². The van der Waals surface area contributed by atoms with Crippen LogP contribution in [0.4, 0.5) is 5.69 Å². The van der Waals surface area contributed by atoms with Crippen molar-refractivity contribution < 1.29 is 13.2 Å². The predicted octanol–water partition coefficient (Wildman–Crippen LogP) is 4.34. The Morgan fingerprint density at radius 3 is 2.00 bits per heavy atom. The first-order valence-electron chi connectivity index (χ1n) is 9.16. The zero-order chi connectivity index (χ0) is 20.2. The molecule has 1 amide bonds. The van der Waals surface area contributed by atoms with Crippen molar-refractivity contribution >= 4 is 21.4 Å². The number of anilines is 1. The van der Waals surface area contributed by atoms with Gasteiger partial charge in [-0.3, -0.25) is 4.79 Å². The SMILES string of the molecule is CC(C)N(C(=O)CS(=O)(=O)Cc1ccc(C(C)(C)C)cc1)c1ccccc1. The third-order valence-electron chi connectivity index (χ3n) is 4.37. The number of sulfone groups is 1. The maximum atomic E-state index is 12.7. The van der Waals surface area contributed by atoms with Gasteiger partial charge in [-0.15, -0.1) is 0 Å². The van der Waals surface area contributed by atoms with Crippen molar-refractivity contribution in [2.45, 2.75) is 51.8 Å². The summed E-state index contributed by atoms with van der Waals surface area (Å²) in [6.07, 6.45) is 0. The molecule has 5 heteroatoms. The standard InChI is InChI=1S/C22H29NO3S/c1-17(2)23(20-9-7-6-8-10-20)21(24)16-27(25,26)15-18-11-13-19(14-12-18)22(3,4)5/h6-14,17H,15-16H2,1-5H3. The van der Waals surface area contributed by atoms with Gasteiger partial charge in [0.1, 0.15) is 5.75 Å². The van der Waals surface area contributed by atoms with Crippen molar-refractivity contribution in [2.75, 3.05) is 10.7 Å². The highest BCUT2D eigenvalue weighted by atomic mass is 32.2. The Hall–Kier alpha value is -2.14. The summed E-state index contributed by atoms with van der Waals surface area (Å²) in [4.78, 5) is 14.3. The summed E-state index contributed by atoms with van der Waals surface area (Å²) in [5, 5.41) is 0. The minimum atomic E-state index is -3.56. The number of hydrogen-bond donors (Lipinski definition) is 0. The van der Waals surface area contributed by atoms with Gasteiger partial charge in [0.25, 0.3) is 0 Å². The molecule has 0 aliphatic rings. The number of benzene rings is 2. The van der Waals surface area contributed by atoms with Crippen molar-refractivity contribution in [3.05, 3.63) is 65.7 Å². The lowest BCUT2D eigenvalue weighted by Gasteiger charge is -2.27. The smallest absolute Gasteiger partial charge is 0.242 e. The average Bonchev–Trinajstić information content (AvgIpc) is 2.54. The third-order valence-corrected chi connectivity index (χ3v) is 5.83.